The van der Waals surface area contributed by atoms with Gasteiger partial charge in [0.1, 0.15) is 12.1 Å². The van der Waals surface area contributed by atoms with Crippen molar-refractivity contribution < 1.29 is 22.0 Å². The minimum atomic E-state index is -3.47. The number of carbonyl (C=O) groups excluding carboxylic acids is 1. The summed E-state index contributed by atoms with van der Waals surface area (Å²) in [7, 11) is -2.03. The number of hydrogen-bond donors (Lipinski definition) is 1. The van der Waals surface area contributed by atoms with Crippen molar-refractivity contribution in [3.8, 4) is 11.5 Å². The van der Waals surface area contributed by atoms with Gasteiger partial charge in [-0.3, -0.25) is 4.79 Å². The third-order valence-electron chi connectivity index (χ3n) is 2.91. The summed E-state index contributed by atoms with van der Waals surface area (Å²) < 4.78 is 42.1. The Kier molecular flexibility index (Phi) is 4.92. The zero-order valence-corrected chi connectivity index (χ0v) is 12.7. The summed E-state index contributed by atoms with van der Waals surface area (Å²) in [6.45, 7) is 0. The second-order valence-corrected chi connectivity index (χ2v) is 6.85. The van der Waals surface area contributed by atoms with Crippen molar-refractivity contribution in [2.45, 2.75) is 12.2 Å². The van der Waals surface area contributed by atoms with Gasteiger partial charge >= 0.3 is 0 Å². The molecule has 6 nitrogen and oxygen atoms in total. The first-order valence-corrected chi connectivity index (χ1v) is 8.33. The molecule has 118 valence electrons. The predicted octanol–water partition coefficient (Wildman–Crippen LogP) is 1.53. The molecule has 2 aromatic rings. The topological polar surface area (TPSA) is 89.3 Å². The molecule has 22 heavy (non-hydrogen) atoms. The van der Waals surface area contributed by atoms with E-state index in [1.807, 2.05) is 0 Å². The zero-order valence-electron chi connectivity index (χ0n) is 11.9. The lowest BCUT2D eigenvalue weighted by Crippen LogP contribution is -2.22. The van der Waals surface area contributed by atoms with Crippen LogP contribution in [-0.2, 0) is 20.4 Å². The molecular weight excluding hydrogens is 311 g/mol. The van der Waals surface area contributed by atoms with Crippen LogP contribution in [0.25, 0.3) is 11.5 Å². The minimum absolute atomic E-state index is 0.104. The molecule has 0 spiro atoms. The van der Waals surface area contributed by atoms with E-state index >= 15 is 0 Å². The van der Waals surface area contributed by atoms with Crippen molar-refractivity contribution in [1.82, 2.24) is 10.3 Å². The van der Waals surface area contributed by atoms with Crippen LogP contribution in [0.1, 0.15) is 12.1 Å². The van der Waals surface area contributed by atoms with Crippen molar-refractivity contribution in [3.05, 3.63) is 42.0 Å². The summed E-state index contributed by atoms with van der Waals surface area (Å²) in [6, 6.07) is 5.65. The molecular formula is C14H15FN2O4S. The molecule has 0 saturated heterocycles. The van der Waals surface area contributed by atoms with E-state index in [2.05, 4.69) is 10.3 Å². The van der Waals surface area contributed by atoms with Crippen LogP contribution in [0, 0.1) is 5.82 Å². The highest BCUT2D eigenvalue weighted by Gasteiger charge is 2.17. The van der Waals surface area contributed by atoms with E-state index in [-0.39, 0.29) is 35.4 Å². The largest absolute Gasteiger partial charge is 0.444 e. The third kappa shape index (κ3) is 4.39. The lowest BCUT2D eigenvalue weighted by atomic mass is 10.2. The van der Waals surface area contributed by atoms with E-state index < -0.39 is 15.7 Å². The van der Waals surface area contributed by atoms with E-state index in [4.69, 9.17) is 4.42 Å². The van der Waals surface area contributed by atoms with E-state index in [0.717, 1.165) is 0 Å². The van der Waals surface area contributed by atoms with Crippen molar-refractivity contribution in [2.24, 2.45) is 0 Å². The van der Waals surface area contributed by atoms with Crippen LogP contribution in [0.4, 0.5) is 4.39 Å². The Balaban J connectivity index is 2.07. The number of amides is 1. The van der Waals surface area contributed by atoms with E-state index in [0.29, 0.717) is 5.56 Å². The molecule has 0 fully saturated rings. The number of carbonyl (C=O) groups is 1. The number of benzene rings is 1. The minimum Gasteiger partial charge on any atom is -0.444 e. The zero-order chi connectivity index (χ0) is 16.2. The van der Waals surface area contributed by atoms with E-state index in [1.165, 1.54) is 31.5 Å². The quantitative estimate of drug-likeness (QED) is 0.869. The van der Waals surface area contributed by atoms with Crippen molar-refractivity contribution in [2.75, 3.05) is 12.8 Å². The number of oxazole rings is 1. The van der Waals surface area contributed by atoms with Crippen molar-refractivity contribution >= 4 is 15.7 Å². The molecule has 0 saturated carbocycles. The van der Waals surface area contributed by atoms with Crippen LogP contribution < -0.4 is 5.32 Å². The molecule has 0 aliphatic carbocycles. The van der Waals surface area contributed by atoms with Crippen molar-refractivity contribution in [1.29, 1.82) is 0 Å². The van der Waals surface area contributed by atoms with Crippen LogP contribution in [0.3, 0.4) is 0 Å². The molecule has 2 rings (SSSR count). The average Bonchev–Trinajstić information content (AvgIpc) is 2.92. The fourth-order valence-electron chi connectivity index (χ4n) is 1.80. The Morgan fingerprint density at radius 3 is 2.86 bits per heavy atom. The van der Waals surface area contributed by atoms with Crippen LogP contribution >= 0.6 is 0 Å². The molecule has 0 radical (unpaired) electrons. The molecule has 1 amide bonds. The van der Waals surface area contributed by atoms with E-state index in [9.17, 15) is 17.6 Å². The molecule has 0 atom stereocenters. The van der Waals surface area contributed by atoms with Crippen LogP contribution in [0.15, 0.2) is 34.9 Å². The first-order chi connectivity index (χ1) is 10.4. The number of hydrogen-bond acceptors (Lipinski definition) is 5. The molecule has 0 bridgehead atoms. The number of aromatic nitrogens is 1. The van der Waals surface area contributed by atoms with Gasteiger partial charge in [-0.05, 0) is 18.2 Å². The maximum Gasteiger partial charge on any atom is 0.226 e. The van der Waals surface area contributed by atoms with Crippen LogP contribution in [0.2, 0.25) is 0 Å². The number of sulfone groups is 1. The molecule has 0 unspecified atom stereocenters. The lowest BCUT2D eigenvalue weighted by Gasteiger charge is -2.01. The molecule has 0 aliphatic rings. The number of nitrogens with one attached hydrogen (secondary N) is 1. The van der Waals surface area contributed by atoms with Gasteiger partial charge in [-0.15, -0.1) is 0 Å². The SMILES string of the molecule is CNC(=O)CCS(=O)(=O)Cc1coc(-c2cccc(F)c2)n1. The molecule has 1 N–H and O–H groups in total. The fraction of sp³-hybridized carbons (Fsp3) is 0.286. The smallest absolute Gasteiger partial charge is 0.226 e. The second-order valence-electron chi connectivity index (χ2n) is 4.67. The summed E-state index contributed by atoms with van der Waals surface area (Å²) in [6.07, 6.45) is 1.12. The highest BCUT2D eigenvalue weighted by molar-refractivity contribution is 7.90. The maximum atomic E-state index is 13.1. The van der Waals surface area contributed by atoms with Gasteiger partial charge in [-0.2, -0.15) is 0 Å². The Labute approximate surface area is 127 Å². The highest BCUT2D eigenvalue weighted by Crippen LogP contribution is 2.20. The summed E-state index contributed by atoms with van der Waals surface area (Å²) in [5, 5.41) is 2.36. The van der Waals surface area contributed by atoms with Gasteiger partial charge < -0.3 is 9.73 Å². The van der Waals surface area contributed by atoms with Gasteiger partial charge in [-0.1, -0.05) is 6.07 Å². The Morgan fingerprint density at radius 2 is 2.18 bits per heavy atom. The number of nitrogens with zero attached hydrogens (tertiary/aromatic N) is 1. The van der Waals surface area contributed by atoms with E-state index in [1.54, 1.807) is 6.07 Å². The molecule has 1 aromatic heterocycles. The van der Waals surface area contributed by atoms with Gasteiger partial charge in [0, 0.05) is 19.0 Å². The number of rotatable bonds is 6. The predicted molar refractivity (Wildman–Crippen MR) is 78.1 cm³/mol. The molecule has 1 aromatic carbocycles. The summed E-state index contributed by atoms with van der Waals surface area (Å²) in [4.78, 5) is 15.1. The van der Waals surface area contributed by atoms with Gasteiger partial charge in [0.05, 0.1) is 17.2 Å². The van der Waals surface area contributed by atoms with Gasteiger partial charge in [0.2, 0.25) is 11.8 Å². The molecule has 8 heteroatoms. The Morgan fingerprint density at radius 1 is 1.41 bits per heavy atom. The Hall–Kier alpha value is -2.22. The first kappa shape index (κ1) is 16.2. The molecule has 0 aliphatic heterocycles. The molecule has 1 heterocycles. The summed E-state index contributed by atoms with van der Waals surface area (Å²) >= 11 is 0. The van der Waals surface area contributed by atoms with Crippen molar-refractivity contribution in [3.63, 3.8) is 0 Å². The second kappa shape index (κ2) is 6.69. The monoisotopic (exact) mass is 326 g/mol. The first-order valence-electron chi connectivity index (χ1n) is 6.51. The standard InChI is InChI=1S/C14H15FN2O4S/c1-16-13(18)5-6-22(19,20)9-12-8-21-14(17-12)10-3-2-4-11(15)7-10/h2-4,7-8H,5-6,9H2,1H3,(H,16,18). The van der Waals surface area contributed by atoms with Gasteiger partial charge in [0.15, 0.2) is 9.84 Å². The lowest BCUT2D eigenvalue weighted by molar-refractivity contribution is -0.120. The van der Waals surface area contributed by atoms with Crippen LogP contribution in [-0.4, -0.2) is 32.1 Å². The Bertz CT molecular complexity index is 771. The summed E-state index contributed by atoms with van der Waals surface area (Å²) in [5.74, 6) is -1.23. The summed E-state index contributed by atoms with van der Waals surface area (Å²) in [5.41, 5.74) is 0.644. The average molecular weight is 326 g/mol. The van der Waals surface area contributed by atoms with Crippen LogP contribution in [0.5, 0.6) is 0 Å². The highest BCUT2D eigenvalue weighted by atomic mass is 32.2. The fourth-order valence-corrected chi connectivity index (χ4v) is 3.02. The van der Waals surface area contributed by atoms with Gasteiger partial charge in [0.25, 0.3) is 0 Å². The number of halogens is 1. The normalized spacial score (nSPS) is 11.4. The third-order valence-corrected chi connectivity index (χ3v) is 4.47. The maximum absolute atomic E-state index is 13.1. The van der Waals surface area contributed by atoms with Gasteiger partial charge in [-0.25, -0.2) is 17.8 Å².